The molecule has 0 amide bonds. The predicted molar refractivity (Wildman–Crippen MR) is 46.4 cm³/mol. The van der Waals surface area contributed by atoms with Crippen molar-refractivity contribution in [2.75, 3.05) is 6.54 Å². The molecule has 0 aliphatic rings. The maximum atomic E-state index is 13.1. The van der Waals surface area contributed by atoms with E-state index in [1.165, 1.54) is 6.07 Å². The van der Waals surface area contributed by atoms with E-state index in [-0.39, 0.29) is 0 Å². The van der Waals surface area contributed by atoms with Gasteiger partial charge < -0.3 is 5.73 Å². The van der Waals surface area contributed by atoms with E-state index in [0.29, 0.717) is 0 Å². The van der Waals surface area contributed by atoms with Gasteiger partial charge in [0, 0.05) is 6.07 Å². The molecule has 0 fully saturated rings. The Hall–Kier alpha value is -1.82. The normalized spacial score (nSPS) is 9.86. The molecule has 0 unspecified atom stereocenters. The molecule has 1 aromatic carbocycles. The van der Waals surface area contributed by atoms with Gasteiger partial charge in [0.05, 0.1) is 11.5 Å². The van der Waals surface area contributed by atoms with Gasteiger partial charge in [0.1, 0.15) is 11.4 Å². The maximum absolute atomic E-state index is 13.1. The van der Waals surface area contributed by atoms with Gasteiger partial charge >= 0.3 is 0 Å². The Balaban J connectivity index is 3.36. The smallest absolute Gasteiger partial charge is 0.283 e. The highest BCUT2D eigenvalue weighted by Crippen LogP contribution is 2.21. The summed E-state index contributed by atoms with van der Waals surface area (Å²) in [5.74, 6) is -1.70. The number of hydrogen-bond acceptors (Lipinski definition) is 4. The quantitative estimate of drug-likeness (QED) is 0.443. The molecule has 0 atom stereocenters. The summed E-state index contributed by atoms with van der Waals surface area (Å²) in [6, 6.07) is 3.21. The number of nitro groups is 1. The molecule has 1 rings (SSSR count). The van der Waals surface area contributed by atoms with Crippen LogP contribution in [0.15, 0.2) is 18.2 Å². The van der Waals surface area contributed by atoms with Crippen LogP contribution in [-0.2, 0) is 0 Å². The molecule has 5 nitrogen and oxygen atoms in total. The molecular weight excluding hydrogens is 191 g/mol. The Bertz CT molecular complexity index is 392. The number of rotatable bonds is 3. The Morgan fingerprint density at radius 2 is 2.21 bits per heavy atom. The van der Waals surface area contributed by atoms with Gasteiger partial charge in [-0.05, 0) is 6.07 Å². The SMILES string of the molecule is NCC(=O)c1c(F)cccc1[N+](=O)[O-]. The second-order valence-electron chi connectivity index (χ2n) is 2.52. The van der Waals surface area contributed by atoms with Crippen molar-refractivity contribution in [2.24, 2.45) is 5.73 Å². The number of hydrogen-bond donors (Lipinski definition) is 1. The molecule has 74 valence electrons. The van der Waals surface area contributed by atoms with Crippen molar-refractivity contribution in [3.05, 3.63) is 39.7 Å². The molecule has 0 aliphatic carbocycles. The number of carbonyl (C=O) groups is 1. The monoisotopic (exact) mass is 198 g/mol. The zero-order valence-corrected chi connectivity index (χ0v) is 7.07. The van der Waals surface area contributed by atoms with Gasteiger partial charge in [0.2, 0.25) is 0 Å². The highest BCUT2D eigenvalue weighted by molar-refractivity contribution is 6.01. The first-order valence-corrected chi connectivity index (χ1v) is 3.74. The number of ketones is 1. The van der Waals surface area contributed by atoms with Gasteiger partial charge in [-0.15, -0.1) is 0 Å². The summed E-state index contributed by atoms with van der Waals surface area (Å²) in [6.07, 6.45) is 0. The molecule has 0 aromatic heterocycles. The third-order valence-corrected chi connectivity index (χ3v) is 1.65. The summed E-state index contributed by atoms with van der Waals surface area (Å²) in [5.41, 5.74) is 3.89. The average molecular weight is 198 g/mol. The Labute approximate surface area is 78.5 Å². The standard InChI is InChI=1S/C8H7FN2O3/c9-5-2-1-3-6(11(13)14)8(5)7(12)4-10/h1-3H,4,10H2. The van der Waals surface area contributed by atoms with Crippen molar-refractivity contribution < 1.29 is 14.1 Å². The molecule has 0 spiro atoms. The van der Waals surface area contributed by atoms with E-state index in [4.69, 9.17) is 5.73 Å². The lowest BCUT2D eigenvalue weighted by Crippen LogP contribution is -2.16. The van der Waals surface area contributed by atoms with E-state index in [0.717, 1.165) is 12.1 Å². The fourth-order valence-electron chi connectivity index (χ4n) is 1.04. The minimum atomic E-state index is -0.922. The van der Waals surface area contributed by atoms with Crippen LogP contribution in [0, 0.1) is 15.9 Å². The Morgan fingerprint density at radius 1 is 1.57 bits per heavy atom. The third-order valence-electron chi connectivity index (χ3n) is 1.65. The number of Topliss-reactive ketones (excluding diaryl/α,β-unsaturated/α-hetero) is 1. The third kappa shape index (κ3) is 1.74. The molecule has 0 radical (unpaired) electrons. The van der Waals surface area contributed by atoms with Crippen LogP contribution in [0.25, 0.3) is 0 Å². The van der Waals surface area contributed by atoms with Crippen molar-refractivity contribution >= 4 is 11.5 Å². The number of nitro benzene ring substituents is 1. The Morgan fingerprint density at radius 3 is 2.71 bits per heavy atom. The molecule has 0 saturated carbocycles. The van der Waals surface area contributed by atoms with Gasteiger partial charge in [0.15, 0.2) is 5.78 Å². The summed E-state index contributed by atoms with van der Waals surface area (Å²) < 4.78 is 13.1. The topological polar surface area (TPSA) is 86.2 Å². The number of nitrogens with two attached hydrogens (primary N) is 1. The number of carbonyl (C=O) groups excluding carboxylic acids is 1. The van der Waals surface area contributed by atoms with Crippen LogP contribution in [0.1, 0.15) is 10.4 Å². The number of nitrogens with zero attached hydrogens (tertiary/aromatic N) is 1. The maximum Gasteiger partial charge on any atom is 0.283 e. The van der Waals surface area contributed by atoms with Crippen molar-refractivity contribution in [1.82, 2.24) is 0 Å². The average Bonchev–Trinajstić information content (AvgIpc) is 2.16. The molecule has 0 aliphatic heterocycles. The van der Waals surface area contributed by atoms with Crippen LogP contribution < -0.4 is 5.73 Å². The molecule has 0 bridgehead atoms. The van der Waals surface area contributed by atoms with Crippen molar-refractivity contribution in [1.29, 1.82) is 0 Å². The van der Waals surface area contributed by atoms with Crippen molar-refractivity contribution in [3.8, 4) is 0 Å². The van der Waals surface area contributed by atoms with Crippen molar-refractivity contribution in [3.63, 3.8) is 0 Å². The van der Waals surface area contributed by atoms with E-state index < -0.39 is 34.3 Å². The molecule has 0 heterocycles. The summed E-state index contributed by atoms with van der Waals surface area (Å²) in [4.78, 5) is 20.7. The first-order chi connectivity index (χ1) is 6.57. The molecule has 1 aromatic rings. The second-order valence-corrected chi connectivity index (χ2v) is 2.52. The predicted octanol–water partition coefficient (Wildman–Crippen LogP) is 0.875. The summed E-state index contributed by atoms with van der Waals surface area (Å²) in [6.45, 7) is -0.457. The van der Waals surface area contributed by atoms with Crippen LogP contribution in [0.5, 0.6) is 0 Å². The van der Waals surface area contributed by atoms with E-state index in [2.05, 4.69) is 0 Å². The van der Waals surface area contributed by atoms with Gasteiger partial charge in [0.25, 0.3) is 5.69 Å². The van der Waals surface area contributed by atoms with Crippen molar-refractivity contribution in [2.45, 2.75) is 0 Å². The van der Waals surface area contributed by atoms with E-state index >= 15 is 0 Å². The van der Waals surface area contributed by atoms with Gasteiger partial charge in [-0.2, -0.15) is 0 Å². The zero-order chi connectivity index (χ0) is 10.7. The summed E-state index contributed by atoms with van der Waals surface area (Å²) in [7, 11) is 0. The lowest BCUT2D eigenvalue weighted by molar-refractivity contribution is -0.385. The van der Waals surface area contributed by atoms with E-state index in [1.807, 2.05) is 0 Å². The van der Waals surface area contributed by atoms with Gasteiger partial charge in [-0.1, -0.05) is 6.07 Å². The first-order valence-electron chi connectivity index (χ1n) is 3.74. The number of benzene rings is 1. The molecule has 14 heavy (non-hydrogen) atoms. The van der Waals surface area contributed by atoms with Gasteiger partial charge in [-0.25, -0.2) is 4.39 Å². The van der Waals surface area contributed by atoms with E-state index in [9.17, 15) is 19.3 Å². The minimum absolute atomic E-state index is 0.457. The van der Waals surface area contributed by atoms with Crippen LogP contribution >= 0.6 is 0 Å². The van der Waals surface area contributed by atoms with Crippen LogP contribution in [-0.4, -0.2) is 17.3 Å². The molecule has 2 N–H and O–H groups in total. The first kappa shape index (κ1) is 10.3. The Kier molecular flexibility index (Phi) is 2.88. The van der Waals surface area contributed by atoms with Crippen LogP contribution in [0.3, 0.4) is 0 Å². The summed E-state index contributed by atoms with van der Waals surface area (Å²) >= 11 is 0. The second kappa shape index (κ2) is 3.93. The highest BCUT2D eigenvalue weighted by atomic mass is 19.1. The lowest BCUT2D eigenvalue weighted by Gasteiger charge is -2.00. The summed E-state index contributed by atoms with van der Waals surface area (Å²) in [5, 5.41) is 10.4. The molecule has 6 heteroatoms. The largest absolute Gasteiger partial charge is 0.324 e. The van der Waals surface area contributed by atoms with E-state index in [1.54, 1.807) is 0 Å². The fourth-order valence-corrected chi connectivity index (χ4v) is 1.04. The minimum Gasteiger partial charge on any atom is -0.324 e. The molecular formula is C8H7FN2O3. The van der Waals surface area contributed by atoms with Gasteiger partial charge in [-0.3, -0.25) is 14.9 Å². The zero-order valence-electron chi connectivity index (χ0n) is 7.07. The molecule has 0 saturated heterocycles. The number of halogens is 1. The van der Waals surface area contributed by atoms with Crippen LogP contribution in [0.2, 0.25) is 0 Å². The van der Waals surface area contributed by atoms with Crippen LogP contribution in [0.4, 0.5) is 10.1 Å². The fraction of sp³-hybridized carbons (Fsp3) is 0.125. The highest BCUT2D eigenvalue weighted by Gasteiger charge is 2.22. The lowest BCUT2D eigenvalue weighted by atomic mass is 10.1.